The van der Waals surface area contributed by atoms with Gasteiger partial charge in [0.2, 0.25) is 0 Å². The number of benzene rings is 3. The number of rotatable bonds is 0. The second-order valence-corrected chi connectivity index (χ2v) is 12.3. The fourth-order valence-corrected chi connectivity index (χ4v) is 4.26. The first-order chi connectivity index (χ1) is 17.8. The van der Waals surface area contributed by atoms with Crippen molar-refractivity contribution < 1.29 is 17.7 Å². The van der Waals surface area contributed by atoms with Gasteiger partial charge in [0.1, 0.15) is 23.0 Å². The fraction of sp³-hybridized carbons (Fsp3) is 0.400. The highest BCUT2D eigenvalue weighted by molar-refractivity contribution is 6.98. The summed E-state index contributed by atoms with van der Waals surface area (Å²) in [6, 6.07) is 3.71. The topological polar surface area (TPSA) is 18.5 Å². The van der Waals surface area contributed by atoms with Crippen molar-refractivity contribution in [2.75, 3.05) is 0 Å². The van der Waals surface area contributed by atoms with Gasteiger partial charge < -0.3 is 9.47 Å². The quantitative estimate of drug-likeness (QED) is 0.261. The van der Waals surface area contributed by atoms with Crippen LogP contribution < -0.4 is 25.9 Å². The molecule has 0 atom stereocenters. The van der Waals surface area contributed by atoms with Gasteiger partial charge in [-0.2, -0.15) is 0 Å². The van der Waals surface area contributed by atoms with Crippen LogP contribution in [0.5, 0.6) is 23.0 Å². The molecule has 0 aromatic heterocycles. The third-order valence-electron chi connectivity index (χ3n) is 6.37. The lowest BCUT2D eigenvalue weighted by molar-refractivity contribution is 0.455. The van der Waals surface area contributed by atoms with Crippen LogP contribution in [-0.4, -0.2) is 6.71 Å². The van der Waals surface area contributed by atoms with Gasteiger partial charge in [0.25, 0.3) is 6.71 Å². The molecule has 2 aliphatic rings. The Kier molecular flexibility index (Phi) is 3.36. The van der Waals surface area contributed by atoms with Crippen LogP contribution in [0.15, 0.2) is 48.4 Å². The number of fused-ring (bicyclic) bond motifs is 4. The maximum atomic E-state index is 9.13. The minimum Gasteiger partial charge on any atom is -0.458 e. The Morgan fingerprint density at radius 3 is 1.33 bits per heavy atom. The van der Waals surface area contributed by atoms with Crippen molar-refractivity contribution in [2.45, 2.75) is 78.6 Å². The normalized spacial score (nSPS) is 17.2. The predicted octanol–water partition coefficient (Wildman–Crippen LogP) is 6.31. The van der Waals surface area contributed by atoms with E-state index in [9.17, 15) is 0 Å². The van der Waals surface area contributed by atoms with E-state index < -0.39 is 17.5 Å². The summed E-state index contributed by atoms with van der Waals surface area (Å²) in [5.41, 5.74) is 1.63. The van der Waals surface area contributed by atoms with Crippen LogP contribution in [0.3, 0.4) is 0 Å². The Morgan fingerprint density at radius 1 is 0.576 bits per heavy atom. The van der Waals surface area contributed by atoms with Gasteiger partial charge in [-0.3, -0.25) is 0 Å². The van der Waals surface area contributed by atoms with E-state index in [1.807, 2.05) is 53.7 Å². The molecule has 2 nitrogen and oxygen atoms in total. The molecule has 5 rings (SSSR count). The van der Waals surface area contributed by atoms with Crippen molar-refractivity contribution in [1.29, 1.82) is 0 Å². The molecule has 3 aromatic rings. The molecule has 3 heteroatoms. The number of ether oxygens (including phenoxy) is 2. The van der Waals surface area contributed by atoms with Crippen molar-refractivity contribution in [3.8, 4) is 23.0 Å². The van der Waals surface area contributed by atoms with Crippen molar-refractivity contribution >= 4 is 23.1 Å². The molecule has 170 valence electrons. The molecule has 2 heterocycles. The summed E-state index contributed by atoms with van der Waals surface area (Å²) >= 11 is 0. The van der Waals surface area contributed by atoms with Gasteiger partial charge in [-0.15, -0.1) is 0 Å². The average molecular weight is 444 g/mol. The minimum atomic E-state index is -0.777. The van der Waals surface area contributed by atoms with Crippen LogP contribution in [0.25, 0.3) is 0 Å². The second-order valence-electron chi connectivity index (χ2n) is 12.3. The summed E-state index contributed by atoms with van der Waals surface area (Å²) in [4.78, 5) is 0. The molecule has 0 spiro atoms. The SMILES string of the molecule is [2H]c1c([2H])c(C(C)(C)C)c([2H])c2c1B1c3c(cc(C(C)(C)C)cc3Oc3c([2H])c(C(C)(C)C)c([2H])c([2H])c31)O2. The fourth-order valence-electron chi connectivity index (χ4n) is 4.26. The Labute approximate surface area is 207 Å². The Hall–Kier alpha value is -2.68. The molecule has 2 aliphatic heterocycles. The molecule has 3 aromatic carbocycles. The van der Waals surface area contributed by atoms with Crippen molar-refractivity contribution in [3.63, 3.8) is 0 Å². The van der Waals surface area contributed by atoms with Gasteiger partial charge in [-0.05, 0) is 68.1 Å². The highest BCUT2D eigenvalue weighted by Gasteiger charge is 2.41. The maximum Gasteiger partial charge on any atom is 0.260 e. The van der Waals surface area contributed by atoms with E-state index >= 15 is 0 Å². The van der Waals surface area contributed by atoms with Crippen LogP contribution >= 0.6 is 0 Å². The summed E-state index contributed by atoms with van der Waals surface area (Å²) in [6.07, 6.45) is 0. The molecule has 0 aliphatic carbocycles. The smallest absolute Gasteiger partial charge is 0.260 e. The van der Waals surface area contributed by atoms with Gasteiger partial charge in [-0.25, -0.2) is 0 Å². The lowest BCUT2D eigenvalue weighted by Crippen LogP contribution is -2.57. The van der Waals surface area contributed by atoms with Crippen LogP contribution in [0, 0.1) is 0 Å². The third-order valence-corrected chi connectivity index (χ3v) is 6.37. The summed E-state index contributed by atoms with van der Waals surface area (Å²) in [5.74, 6) is 1.34. The summed E-state index contributed by atoms with van der Waals surface area (Å²) < 4.78 is 67.1. The lowest BCUT2D eigenvalue weighted by atomic mass is 9.34. The minimum absolute atomic E-state index is 0.0470. The van der Waals surface area contributed by atoms with Crippen molar-refractivity contribution in [2.24, 2.45) is 0 Å². The molecule has 0 fully saturated rings. The Balaban J connectivity index is 1.97. The average Bonchev–Trinajstić information content (AvgIpc) is 2.78. The molecular weight excluding hydrogens is 403 g/mol. The zero-order valence-corrected chi connectivity index (χ0v) is 21.0. The first-order valence-electron chi connectivity index (χ1n) is 14.6. The van der Waals surface area contributed by atoms with Crippen LogP contribution in [0.4, 0.5) is 0 Å². The summed E-state index contributed by atoms with van der Waals surface area (Å²) in [6.45, 7) is 16.9. The monoisotopic (exact) mass is 444 g/mol. The van der Waals surface area contributed by atoms with Crippen LogP contribution in [0.2, 0.25) is 0 Å². The second kappa shape index (κ2) is 6.92. The highest BCUT2D eigenvalue weighted by atomic mass is 16.5. The van der Waals surface area contributed by atoms with E-state index in [0.29, 0.717) is 39.0 Å². The zero-order chi connectivity index (χ0) is 29.1. The van der Waals surface area contributed by atoms with Crippen molar-refractivity contribution in [3.05, 3.63) is 65.1 Å². The number of hydrogen-bond donors (Lipinski definition) is 0. The third kappa shape index (κ3) is 3.66. The highest BCUT2D eigenvalue weighted by Crippen LogP contribution is 2.40. The molecule has 0 saturated carbocycles. The Morgan fingerprint density at radius 2 is 0.970 bits per heavy atom. The van der Waals surface area contributed by atoms with Crippen LogP contribution in [-0.2, 0) is 16.2 Å². The number of hydrogen-bond acceptors (Lipinski definition) is 2. The van der Waals surface area contributed by atoms with Gasteiger partial charge in [0.15, 0.2) is 0 Å². The first-order valence-corrected chi connectivity index (χ1v) is 11.6. The first kappa shape index (κ1) is 16.0. The van der Waals surface area contributed by atoms with E-state index in [4.69, 9.17) is 17.7 Å². The van der Waals surface area contributed by atoms with E-state index in [1.54, 1.807) is 0 Å². The molecule has 0 bridgehead atoms. The van der Waals surface area contributed by atoms with Gasteiger partial charge in [0.05, 0.1) is 8.22 Å². The zero-order valence-electron chi connectivity index (χ0n) is 27.0. The molecule has 0 unspecified atom stereocenters. The van der Waals surface area contributed by atoms with E-state index in [-0.39, 0.29) is 53.2 Å². The molecule has 0 saturated heterocycles. The van der Waals surface area contributed by atoms with Crippen molar-refractivity contribution in [1.82, 2.24) is 0 Å². The molecule has 0 amide bonds. The van der Waals surface area contributed by atoms with Crippen LogP contribution in [0.1, 0.15) is 87.2 Å². The Bertz CT molecular complexity index is 1470. The summed E-state index contributed by atoms with van der Waals surface area (Å²) in [7, 11) is 0. The van der Waals surface area contributed by atoms with E-state index in [2.05, 4.69) is 20.8 Å². The molecule has 0 N–H and O–H groups in total. The van der Waals surface area contributed by atoms with E-state index in [0.717, 1.165) is 5.56 Å². The lowest BCUT2D eigenvalue weighted by Gasteiger charge is -2.36. The summed E-state index contributed by atoms with van der Waals surface area (Å²) in [5, 5.41) is 0. The molecular formula is C30H35BO2. The standard InChI is InChI=1S/C30H35BO2/c1-28(2,3)18-10-12-21-23(14-18)32-25-16-20(30(7,8)9)17-26-27(25)31(21)22-13-11-19(29(4,5)6)15-24(22)33-26/h10-17H,1-9H3/i10D,11D,12D,13D,14D,15D. The maximum absolute atomic E-state index is 9.13. The van der Waals surface area contributed by atoms with Gasteiger partial charge in [-0.1, -0.05) is 86.5 Å². The predicted molar refractivity (Wildman–Crippen MR) is 140 cm³/mol. The van der Waals surface area contributed by atoms with E-state index in [1.165, 1.54) is 0 Å². The molecule has 0 radical (unpaired) electrons. The largest absolute Gasteiger partial charge is 0.458 e. The van der Waals surface area contributed by atoms with Gasteiger partial charge >= 0.3 is 0 Å². The molecule has 33 heavy (non-hydrogen) atoms. The van der Waals surface area contributed by atoms with Gasteiger partial charge in [0, 0.05) is 5.46 Å².